The average molecular weight is 596 g/mol. The maximum atomic E-state index is 14.7. The summed E-state index contributed by atoms with van der Waals surface area (Å²) < 4.78 is 18.0. The van der Waals surface area contributed by atoms with Crippen molar-refractivity contribution in [1.82, 2.24) is 19.7 Å². The first kappa shape index (κ1) is 26.3. The number of carbonyl (C=O) groups is 1. The van der Waals surface area contributed by atoms with Gasteiger partial charge in [-0.2, -0.15) is 5.10 Å². The molecule has 8 heteroatoms. The normalized spacial score (nSPS) is 32.4. The third kappa shape index (κ3) is 4.00. The van der Waals surface area contributed by atoms with Crippen LogP contribution in [0, 0.1) is 17.8 Å². The summed E-state index contributed by atoms with van der Waals surface area (Å²) in [7, 11) is 2.13. The summed E-state index contributed by atoms with van der Waals surface area (Å²) in [6.45, 7) is 2.71. The number of halogens is 1. The summed E-state index contributed by atoms with van der Waals surface area (Å²) in [5.74, 6) is 1.46. The number of aryl methyl sites for hydroxylation is 2. The summed E-state index contributed by atoms with van der Waals surface area (Å²) in [6.07, 6.45) is 12.2. The molecule has 1 amide bonds. The summed E-state index contributed by atoms with van der Waals surface area (Å²) in [5.41, 5.74) is 4.47. The van der Waals surface area contributed by atoms with Crippen LogP contribution >= 0.6 is 11.3 Å². The standard InChI is InChI=1S/C35H38FN5OS/c1-22-38-26-6-5-24(15-28(26)43-22)25-7-14-37-30(16-25)41(31(42)34-18-35(36,19-34)20-34)21-32-8-11-33(12-9-32,13-10-32)29-17-27(23-3-4-23)39-40(29)2/h5-7,14-17,23H,3-4,8-13,18-21H2,1-2H3. The van der Waals surface area contributed by atoms with E-state index in [0.29, 0.717) is 37.5 Å². The molecule has 0 atom stereocenters. The Labute approximate surface area is 255 Å². The molecule has 7 fully saturated rings. The van der Waals surface area contributed by atoms with Crippen molar-refractivity contribution in [2.24, 2.45) is 17.9 Å². The molecule has 0 N–H and O–H groups in total. The molecule has 4 bridgehead atoms. The van der Waals surface area contributed by atoms with Crippen molar-refractivity contribution in [3.05, 3.63) is 59.0 Å². The van der Waals surface area contributed by atoms with Crippen LogP contribution in [0.5, 0.6) is 0 Å². The van der Waals surface area contributed by atoms with Crippen LogP contribution in [-0.4, -0.2) is 37.9 Å². The lowest BCUT2D eigenvalue weighted by Gasteiger charge is -2.65. The second-order valence-electron chi connectivity index (χ2n) is 14.8. The highest BCUT2D eigenvalue weighted by Gasteiger charge is 2.73. The van der Waals surface area contributed by atoms with E-state index in [4.69, 9.17) is 10.1 Å². The van der Waals surface area contributed by atoms with Gasteiger partial charge in [0.05, 0.1) is 26.3 Å². The first-order valence-corrected chi connectivity index (χ1v) is 16.9. The molecule has 0 aliphatic heterocycles. The van der Waals surface area contributed by atoms with Crippen LogP contribution in [0.3, 0.4) is 0 Å². The maximum absolute atomic E-state index is 14.7. The van der Waals surface area contributed by atoms with E-state index >= 15 is 0 Å². The third-order valence-electron chi connectivity index (χ3n) is 11.8. The number of benzene rings is 1. The van der Waals surface area contributed by atoms with E-state index in [1.165, 1.54) is 24.2 Å². The highest BCUT2D eigenvalue weighted by Crippen LogP contribution is 2.70. The monoisotopic (exact) mass is 595 g/mol. The second kappa shape index (κ2) is 8.74. The largest absolute Gasteiger partial charge is 0.296 e. The molecule has 222 valence electrons. The molecule has 7 aliphatic carbocycles. The van der Waals surface area contributed by atoms with Crippen LogP contribution in [0.1, 0.15) is 92.9 Å². The van der Waals surface area contributed by atoms with Crippen molar-refractivity contribution in [2.45, 2.75) is 94.6 Å². The SMILES string of the molecule is Cc1nc2ccc(-c3ccnc(N(CC45CCC(c6cc(C7CC7)nn6C)(CC4)CC5)C(=O)C45CC(F)(C4)C5)c3)cc2s1. The highest BCUT2D eigenvalue weighted by molar-refractivity contribution is 7.18. The van der Waals surface area contributed by atoms with Crippen molar-refractivity contribution in [1.29, 1.82) is 0 Å². The molecule has 7 aliphatic rings. The van der Waals surface area contributed by atoms with Gasteiger partial charge in [0.2, 0.25) is 5.91 Å². The number of nitrogens with zero attached hydrogens (tertiary/aromatic N) is 5. The molecule has 6 nitrogen and oxygen atoms in total. The minimum Gasteiger partial charge on any atom is -0.296 e. The summed E-state index contributed by atoms with van der Waals surface area (Å²) >= 11 is 1.70. The van der Waals surface area contributed by atoms with E-state index in [1.54, 1.807) is 11.3 Å². The summed E-state index contributed by atoms with van der Waals surface area (Å²) in [4.78, 5) is 25.7. The highest BCUT2D eigenvalue weighted by atomic mass is 32.1. The number of hydrogen-bond acceptors (Lipinski definition) is 5. The predicted octanol–water partition coefficient (Wildman–Crippen LogP) is 7.80. The van der Waals surface area contributed by atoms with Gasteiger partial charge in [0.15, 0.2) is 0 Å². The van der Waals surface area contributed by atoms with E-state index in [1.807, 2.05) is 24.1 Å². The molecule has 0 unspecified atom stereocenters. The van der Waals surface area contributed by atoms with Crippen LogP contribution in [0.2, 0.25) is 0 Å². The smallest absolute Gasteiger partial charge is 0.234 e. The second-order valence-corrected chi connectivity index (χ2v) is 16.0. The van der Waals surface area contributed by atoms with Gasteiger partial charge >= 0.3 is 0 Å². The van der Waals surface area contributed by atoms with Crippen LogP contribution in [0.25, 0.3) is 21.3 Å². The van der Waals surface area contributed by atoms with Crippen molar-refractivity contribution in [3.63, 3.8) is 0 Å². The number of carbonyl (C=O) groups excluding carboxylic acids is 1. The molecule has 11 rings (SSSR count). The van der Waals surface area contributed by atoms with Gasteiger partial charge in [0.1, 0.15) is 11.5 Å². The maximum Gasteiger partial charge on any atom is 0.234 e. The van der Waals surface area contributed by atoms with E-state index in [9.17, 15) is 9.18 Å². The fourth-order valence-electron chi connectivity index (χ4n) is 9.18. The summed E-state index contributed by atoms with van der Waals surface area (Å²) in [6, 6.07) is 12.9. The number of pyridine rings is 1. The minimum atomic E-state index is -1.12. The number of fused-ring (bicyclic) bond motifs is 4. The lowest BCUT2D eigenvalue weighted by atomic mass is 9.41. The fraction of sp³-hybridized carbons (Fsp3) is 0.543. The van der Waals surface area contributed by atoms with Gasteiger partial charge in [-0.05, 0) is 124 Å². The first-order chi connectivity index (χ1) is 20.7. The number of thiazole rings is 1. The Morgan fingerprint density at radius 2 is 1.74 bits per heavy atom. The molecule has 7 saturated carbocycles. The molecule has 0 spiro atoms. The topological polar surface area (TPSA) is 63.9 Å². The Hall–Kier alpha value is -3.13. The van der Waals surface area contributed by atoms with Gasteiger partial charge in [-0.3, -0.25) is 14.4 Å². The molecule has 1 aromatic carbocycles. The zero-order chi connectivity index (χ0) is 29.2. The number of anilines is 1. The first-order valence-electron chi connectivity index (χ1n) is 16.1. The van der Waals surface area contributed by atoms with Crippen molar-refractivity contribution >= 4 is 33.3 Å². The molecule has 3 heterocycles. The fourth-order valence-corrected chi connectivity index (χ4v) is 10.0. The van der Waals surface area contributed by atoms with Crippen LogP contribution in [-0.2, 0) is 17.3 Å². The van der Waals surface area contributed by atoms with Crippen molar-refractivity contribution < 1.29 is 9.18 Å². The number of aromatic nitrogens is 4. The number of hydrogen-bond donors (Lipinski definition) is 0. The van der Waals surface area contributed by atoms with Gasteiger partial charge in [-0.1, -0.05) is 6.07 Å². The Balaban J connectivity index is 1.02. The predicted molar refractivity (Wildman–Crippen MR) is 167 cm³/mol. The van der Waals surface area contributed by atoms with Gasteiger partial charge < -0.3 is 0 Å². The van der Waals surface area contributed by atoms with E-state index in [-0.39, 0.29) is 16.7 Å². The van der Waals surface area contributed by atoms with Crippen molar-refractivity contribution in [3.8, 4) is 11.1 Å². The van der Waals surface area contributed by atoms with Gasteiger partial charge in [0.25, 0.3) is 0 Å². The van der Waals surface area contributed by atoms with E-state index < -0.39 is 11.1 Å². The minimum absolute atomic E-state index is 0.0724. The van der Waals surface area contributed by atoms with Crippen LogP contribution in [0.4, 0.5) is 10.2 Å². The zero-order valence-electron chi connectivity index (χ0n) is 25.0. The molecule has 43 heavy (non-hydrogen) atoms. The third-order valence-corrected chi connectivity index (χ3v) is 12.8. The van der Waals surface area contributed by atoms with Crippen LogP contribution in [0.15, 0.2) is 42.6 Å². The number of amides is 1. The molecular formula is C35H38FN5OS. The van der Waals surface area contributed by atoms with Gasteiger partial charge in [-0.15, -0.1) is 11.3 Å². The van der Waals surface area contributed by atoms with Gasteiger partial charge in [0, 0.05) is 36.8 Å². The number of alkyl halides is 1. The zero-order valence-corrected chi connectivity index (χ0v) is 25.9. The Kier molecular flexibility index (Phi) is 5.34. The van der Waals surface area contributed by atoms with Gasteiger partial charge in [-0.25, -0.2) is 14.4 Å². The molecule has 4 aromatic rings. The lowest BCUT2D eigenvalue weighted by Crippen LogP contribution is -2.71. The van der Waals surface area contributed by atoms with Crippen LogP contribution < -0.4 is 4.90 Å². The quantitative estimate of drug-likeness (QED) is 0.219. The Bertz CT molecular complexity index is 1760. The van der Waals surface area contributed by atoms with Crippen molar-refractivity contribution in [2.75, 3.05) is 11.4 Å². The lowest BCUT2D eigenvalue weighted by molar-refractivity contribution is -0.211. The van der Waals surface area contributed by atoms with E-state index in [2.05, 4.69) is 47.0 Å². The summed E-state index contributed by atoms with van der Waals surface area (Å²) in [5, 5.41) is 5.97. The Morgan fingerprint density at radius 3 is 2.44 bits per heavy atom. The molecule has 0 radical (unpaired) electrons. The molecular weight excluding hydrogens is 557 g/mol. The number of rotatable bonds is 7. The molecule has 0 saturated heterocycles. The Morgan fingerprint density at radius 1 is 1.02 bits per heavy atom. The average Bonchev–Trinajstić information content (AvgIpc) is 3.65. The van der Waals surface area contributed by atoms with E-state index in [0.717, 1.165) is 64.9 Å². The molecule has 3 aromatic heterocycles.